The topological polar surface area (TPSA) is 55.6 Å². The first-order chi connectivity index (χ1) is 8.65. The normalized spacial score (nSPS) is 28.8. The minimum atomic E-state index is 0.280. The number of methoxy groups -OCH3 is 1. The first kappa shape index (κ1) is 13.7. The molecule has 0 heterocycles. The van der Waals surface area contributed by atoms with Gasteiger partial charge in [-0.3, -0.25) is 4.79 Å². The van der Waals surface area contributed by atoms with E-state index in [4.69, 9.17) is 22.7 Å². The average Bonchev–Trinajstić information content (AvgIpc) is 2.81. The van der Waals surface area contributed by atoms with Gasteiger partial charge in [0.25, 0.3) is 0 Å². The molecule has 0 saturated heterocycles. The summed E-state index contributed by atoms with van der Waals surface area (Å²) < 4.78 is 5.07. The molecule has 0 aromatic carbocycles. The summed E-state index contributed by atoms with van der Waals surface area (Å²) in [7, 11) is 1.65. The zero-order valence-electron chi connectivity index (χ0n) is 10.9. The average molecular weight is 270 g/mol. The molecule has 2 rings (SSSR count). The SMILES string of the molecule is COCCN(CCC(N)=S)C(=O)C1C2CCCC21. The van der Waals surface area contributed by atoms with Gasteiger partial charge in [-0.2, -0.15) is 0 Å². The fourth-order valence-corrected chi connectivity index (χ4v) is 3.27. The maximum Gasteiger partial charge on any atom is 0.226 e. The number of hydrogen-bond acceptors (Lipinski definition) is 3. The van der Waals surface area contributed by atoms with Crippen LogP contribution in [0.2, 0.25) is 0 Å². The van der Waals surface area contributed by atoms with Crippen molar-refractivity contribution in [2.75, 3.05) is 26.8 Å². The third-order valence-corrected chi connectivity index (χ3v) is 4.40. The Morgan fingerprint density at radius 1 is 1.39 bits per heavy atom. The van der Waals surface area contributed by atoms with Gasteiger partial charge in [-0.25, -0.2) is 0 Å². The summed E-state index contributed by atoms with van der Waals surface area (Å²) in [6.07, 6.45) is 4.36. The molecule has 2 fully saturated rings. The van der Waals surface area contributed by atoms with Crippen molar-refractivity contribution in [2.45, 2.75) is 25.7 Å². The van der Waals surface area contributed by atoms with Gasteiger partial charge >= 0.3 is 0 Å². The minimum Gasteiger partial charge on any atom is -0.393 e. The smallest absolute Gasteiger partial charge is 0.226 e. The van der Waals surface area contributed by atoms with Crippen molar-refractivity contribution in [1.29, 1.82) is 0 Å². The Labute approximate surface area is 114 Å². The molecule has 18 heavy (non-hydrogen) atoms. The molecule has 2 aliphatic rings. The lowest BCUT2D eigenvalue weighted by molar-refractivity contribution is -0.134. The molecular formula is C13H22N2O2S. The van der Waals surface area contributed by atoms with E-state index < -0.39 is 0 Å². The predicted molar refractivity (Wildman–Crippen MR) is 74.2 cm³/mol. The van der Waals surface area contributed by atoms with Crippen LogP contribution in [0.4, 0.5) is 0 Å². The molecule has 2 N–H and O–H groups in total. The zero-order chi connectivity index (χ0) is 13.1. The van der Waals surface area contributed by atoms with E-state index in [1.807, 2.05) is 4.90 Å². The van der Waals surface area contributed by atoms with Crippen molar-refractivity contribution < 1.29 is 9.53 Å². The van der Waals surface area contributed by atoms with Gasteiger partial charge in [-0.05, 0) is 24.7 Å². The van der Waals surface area contributed by atoms with Crippen LogP contribution in [-0.2, 0) is 9.53 Å². The van der Waals surface area contributed by atoms with Gasteiger partial charge in [-0.1, -0.05) is 18.6 Å². The Morgan fingerprint density at radius 3 is 2.61 bits per heavy atom. The van der Waals surface area contributed by atoms with E-state index in [0.29, 0.717) is 42.9 Å². The summed E-state index contributed by atoms with van der Waals surface area (Å²) in [5.41, 5.74) is 5.52. The van der Waals surface area contributed by atoms with Crippen LogP contribution in [0, 0.1) is 17.8 Å². The molecule has 4 nitrogen and oxygen atoms in total. The van der Waals surface area contributed by atoms with Crippen LogP contribution >= 0.6 is 12.2 Å². The van der Waals surface area contributed by atoms with E-state index >= 15 is 0 Å². The number of nitrogens with two attached hydrogens (primary N) is 1. The Balaban J connectivity index is 1.86. The van der Waals surface area contributed by atoms with Crippen molar-refractivity contribution in [3.63, 3.8) is 0 Å². The summed E-state index contributed by atoms with van der Waals surface area (Å²) in [5, 5.41) is 0. The fourth-order valence-electron chi connectivity index (χ4n) is 3.18. The minimum absolute atomic E-state index is 0.280. The lowest BCUT2D eigenvalue weighted by atomic mass is 10.1. The lowest BCUT2D eigenvalue weighted by Gasteiger charge is -2.23. The maximum absolute atomic E-state index is 12.4. The molecule has 2 unspecified atom stereocenters. The molecule has 5 heteroatoms. The summed E-state index contributed by atoms with van der Waals surface area (Å²) >= 11 is 4.88. The Kier molecular flexibility index (Phi) is 4.56. The van der Waals surface area contributed by atoms with E-state index in [2.05, 4.69) is 0 Å². The van der Waals surface area contributed by atoms with Gasteiger partial charge in [0, 0.05) is 32.5 Å². The van der Waals surface area contributed by atoms with Crippen LogP contribution in [0.3, 0.4) is 0 Å². The van der Waals surface area contributed by atoms with E-state index in [1.165, 1.54) is 19.3 Å². The quantitative estimate of drug-likeness (QED) is 0.706. The van der Waals surface area contributed by atoms with Gasteiger partial charge in [0.1, 0.15) is 0 Å². The molecule has 2 atom stereocenters. The van der Waals surface area contributed by atoms with Crippen molar-refractivity contribution in [3.05, 3.63) is 0 Å². The number of hydrogen-bond donors (Lipinski definition) is 1. The highest BCUT2D eigenvalue weighted by atomic mass is 32.1. The fraction of sp³-hybridized carbons (Fsp3) is 0.846. The molecule has 0 spiro atoms. The van der Waals surface area contributed by atoms with Crippen molar-refractivity contribution >= 4 is 23.1 Å². The van der Waals surface area contributed by atoms with Crippen LogP contribution in [0.1, 0.15) is 25.7 Å². The summed E-state index contributed by atoms with van der Waals surface area (Å²) in [5.74, 6) is 1.89. The highest BCUT2D eigenvalue weighted by molar-refractivity contribution is 7.80. The lowest BCUT2D eigenvalue weighted by Crippen LogP contribution is -2.38. The van der Waals surface area contributed by atoms with Crippen molar-refractivity contribution in [3.8, 4) is 0 Å². The summed E-state index contributed by atoms with van der Waals surface area (Å²) in [4.78, 5) is 14.8. The second kappa shape index (κ2) is 5.97. The van der Waals surface area contributed by atoms with E-state index in [-0.39, 0.29) is 11.8 Å². The number of carbonyl (C=O) groups excluding carboxylic acids is 1. The Bertz CT molecular complexity index is 325. The second-order valence-electron chi connectivity index (χ2n) is 5.32. The van der Waals surface area contributed by atoms with Gasteiger partial charge in [-0.15, -0.1) is 0 Å². The largest absolute Gasteiger partial charge is 0.393 e. The van der Waals surface area contributed by atoms with Gasteiger partial charge in [0.2, 0.25) is 5.91 Å². The van der Waals surface area contributed by atoms with Crippen LogP contribution in [-0.4, -0.2) is 42.6 Å². The second-order valence-corrected chi connectivity index (χ2v) is 5.84. The molecule has 0 aliphatic heterocycles. The number of ether oxygens (including phenoxy) is 1. The number of rotatable bonds is 7. The number of amides is 1. The van der Waals surface area contributed by atoms with E-state index in [0.717, 1.165) is 0 Å². The molecule has 0 radical (unpaired) electrons. The summed E-state index contributed by atoms with van der Waals surface area (Å²) in [6.45, 7) is 1.85. The first-order valence-electron chi connectivity index (χ1n) is 6.71. The van der Waals surface area contributed by atoms with Gasteiger partial charge < -0.3 is 15.4 Å². The molecule has 0 aromatic heterocycles. The Hall–Kier alpha value is -0.680. The molecule has 102 valence electrons. The monoisotopic (exact) mass is 270 g/mol. The third kappa shape index (κ3) is 3.01. The van der Waals surface area contributed by atoms with Crippen LogP contribution in [0.15, 0.2) is 0 Å². The predicted octanol–water partition coefficient (Wildman–Crippen LogP) is 1.18. The summed E-state index contributed by atoms with van der Waals surface area (Å²) in [6, 6.07) is 0. The molecule has 2 aliphatic carbocycles. The maximum atomic E-state index is 12.4. The van der Waals surface area contributed by atoms with Crippen molar-refractivity contribution in [1.82, 2.24) is 4.90 Å². The molecular weight excluding hydrogens is 248 g/mol. The standard InChI is InChI=1S/C13H22N2O2S/c1-17-8-7-15(6-5-11(14)18)13(16)12-9-3-2-4-10(9)12/h9-10,12H,2-8H2,1H3,(H2,14,18). The van der Waals surface area contributed by atoms with Crippen molar-refractivity contribution in [2.24, 2.45) is 23.5 Å². The number of fused-ring (bicyclic) bond motifs is 1. The number of carbonyl (C=O) groups is 1. The zero-order valence-corrected chi connectivity index (χ0v) is 11.7. The van der Waals surface area contributed by atoms with E-state index in [9.17, 15) is 4.79 Å². The molecule has 1 amide bonds. The molecule has 0 bridgehead atoms. The number of nitrogens with zero attached hydrogens (tertiary/aromatic N) is 1. The van der Waals surface area contributed by atoms with Crippen LogP contribution in [0.5, 0.6) is 0 Å². The Morgan fingerprint density at radius 2 is 2.06 bits per heavy atom. The highest BCUT2D eigenvalue weighted by Crippen LogP contribution is 2.58. The first-order valence-corrected chi connectivity index (χ1v) is 7.12. The molecule has 0 aromatic rings. The van der Waals surface area contributed by atoms with Gasteiger partial charge in [0.15, 0.2) is 0 Å². The van der Waals surface area contributed by atoms with Gasteiger partial charge in [0.05, 0.1) is 11.6 Å². The van der Waals surface area contributed by atoms with E-state index in [1.54, 1.807) is 7.11 Å². The number of thiocarbonyl (C=S) groups is 1. The van der Waals surface area contributed by atoms with Crippen LogP contribution < -0.4 is 5.73 Å². The third-order valence-electron chi connectivity index (χ3n) is 4.20. The van der Waals surface area contributed by atoms with Crippen LogP contribution in [0.25, 0.3) is 0 Å². The highest BCUT2D eigenvalue weighted by Gasteiger charge is 2.57. The molecule has 2 saturated carbocycles.